The van der Waals surface area contributed by atoms with Crippen molar-refractivity contribution < 1.29 is 4.79 Å². The topological polar surface area (TPSA) is 46.9 Å². The van der Waals surface area contributed by atoms with E-state index in [0.29, 0.717) is 18.3 Å². The predicted molar refractivity (Wildman–Crippen MR) is 74.9 cm³/mol. The average Bonchev–Trinajstić information content (AvgIpc) is 2.94. The smallest absolute Gasteiger partial charge is 0.195 e. The Morgan fingerprint density at radius 1 is 1.56 bits per heavy atom. The SMILES string of the molecule is CC(C)n1ncc(Br)c1C(=O)CNC1CCCC1. The highest BCUT2D eigenvalue weighted by Gasteiger charge is 2.21. The molecule has 0 amide bonds. The molecule has 0 saturated heterocycles. The number of nitrogens with zero attached hydrogens (tertiary/aromatic N) is 2. The maximum atomic E-state index is 12.3. The second-order valence-corrected chi connectivity index (χ2v) is 6.02. The van der Waals surface area contributed by atoms with Crippen molar-refractivity contribution in [2.24, 2.45) is 0 Å². The van der Waals surface area contributed by atoms with Gasteiger partial charge in [0.05, 0.1) is 17.2 Å². The summed E-state index contributed by atoms with van der Waals surface area (Å²) in [4.78, 5) is 12.3. The molecule has 1 aliphatic rings. The van der Waals surface area contributed by atoms with E-state index in [1.807, 2.05) is 13.8 Å². The lowest BCUT2D eigenvalue weighted by Crippen LogP contribution is -2.32. The quantitative estimate of drug-likeness (QED) is 0.850. The normalized spacial score (nSPS) is 16.7. The van der Waals surface area contributed by atoms with E-state index in [1.165, 1.54) is 25.7 Å². The Labute approximate surface area is 116 Å². The van der Waals surface area contributed by atoms with E-state index in [2.05, 4.69) is 26.3 Å². The minimum atomic E-state index is 0.111. The second kappa shape index (κ2) is 5.97. The van der Waals surface area contributed by atoms with Gasteiger partial charge in [-0.3, -0.25) is 9.48 Å². The van der Waals surface area contributed by atoms with Gasteiger partial charge in [-0.05, 0) is 42.6 Å². The van der Waals surface area contributed by atoms with Crippen LogP contribution in [0.25, 0.3) is 0 Å². The molecular weight excluding hydrogens is 294 g/mol. The molecule has 0 atom stereocenters. The summed E-state index contributed by atoms with van der Waals surface area (Å²) in [7, 11) is 0. The summed E-state index contributed by atoms with van der Waals surface area (Å²) >= 11 is 3.41. The van der Waals surface area contributed by atoms with E-state index in [0.717, 1.165) is 4.47 Å². The van der Waals surface area contributed by atoms with Gasteiger partial charge in [-0.25, -0.2) is 0 Å². The molecule has 4 nitrogen and oxygen atoms in total. The zero-order valence-electron chi connectivity index (χ0n) is 10.9. The largest absolute Gasteiger partial charge is 0.307 e. The molecule has 0 aromatic carbocycles. The molecule has 0 bridgehead atoms. The van der Waals surface area contributed by atoms with Crippen molar-refractivity contribution in [3.8, 4) is 0 Å². The Balaban J connectivity index is 2.01. The summed E-state index contributed by atoms with van der Waals surface area (Å²) in [5.74, 6) is 0.111. The number of rotatable bonds is 5. The third kappa shape index (κ3) is 3.01. The fraction of sp³-hybridized carbons (Fsp3) is 0.692. The molecule has 5 heteroatoms. The molecule has 1 fully saturated rings. The van der Waals surface area contributed by atoms with E-state index in [1.54, 1.807) is 10.9 Å². The lowest BCUT2D eigenvalue weighted by molar-refractivity contribution is 0.0974. The van der Waals surface area contributed by atoms with Crippen molar-refractivity contribution in [3.05, 3.63) is 16.4 Å². The van der Waals surface area contributed by atoms with Crippen LogP contribution in [-0.2, 0) is 0 Å². The first-order valence-corrected chi connectivity index (χ1v) is 7.38. The van der Waals surface area contributed by atoms with Crippen LogP contribution >= 0.6 is 15.9 Å². The number of Topliss-reactive ketones (excluding diaryl/α,β-unsaturated/α-hetero) is 1. The van der Waals surface area contributed by atoms with E-state index in [9.17, 15) is 4.79 Å². The van der Waals surface area contributed by atoms with Crippen LogP contribution in [0.4, 0.5) is 0 Å². The molecule has 0 spiro atoms. The number of hydrogen-bond acceptors (Lipinski definition) is 3. The van der Waals surface area contributed by atoms with E-state index >= 15 is 0 Å². The van der Waals surface area contributed by atoms with Gasteiger partial charge in [0.1, 0.15) is 5.69 Å². The molecule has 1 heterocycles. The summed E-state index contributed by atoms with van der Waals surface area (Å²) in [6, 6.07) is 0.713. The molecule has 2 rings (SSSR count). The number of halogens is 1. The summed E-state index contributed by atoms with van der Waals surface area (Å²) < 4.78 is 2.57. The number of ketones is 1. The van der Waals surface area contributed by atoms with Gasteiger partial charge in [0, 0.05) is 12.1 Å². The van der Waals surface area contributed by atoms with Gasteiger partial charge in [0.15, 0.2) is 5.78 Å². The molecule has 0 radical (unpaired) electrons. The van der Waals surface area contributed by atoms with Gasteiger partial charge < -0.3 is 5.32 Å². The number of nitrogens with one attached hydrogen (secondary N) is 1. The van der Waals surface area contributed by atoms with E-state index < -0.39 is 0 Å². The van der Waals surface area contributed by atoms with E-state index in [4.69, 9.17) is 0 Å². The Kier molecular flexibility index (Phi) is 4.56. The Morgan fingerprint density at radius 3 is 2.83 bits per heavy atom. The van der Waals surface area contributed by atoms with Crippen LogP contribution in [0, 0.1) is 0 Å². The first kappa shape index (κ1) is 13.7. The number of carbonyl (C=O) groups excluding carboxylic acids is 1. The molecule has 1 N–H and O–H groups in total. The van der Waals surface area contributed by atoms with Gasteiger partial charge in [-0.2, -0.15) is 5.10 Å². The van der Waals surface area contributed by atoms with Crippen LogP contribution in [0.5, 0.6) is 0 Å². The second-order valence-electron chi connectivity index (χ2n) is 5.16. The van der Waals surface area contributed by atoms with Gasteiger partial charge >= 0.3 is 0 Å². The van der Waals surface area contributed by atoms with Crippen molar-refractivity contribution in [3.63, 3.8) is 0 Å². The molecular formula is C13H20BrN3O. The van der Waals surface area contributed by atoms with Gasteiger partial charge in [-0.15, -0.1) is 0 Å². The summed E-state index contributed by atoms with van der Waals surface area (Å²) in [6.07, 6.45) is 6.64. The molecule has 0 unspecified atom stereocenters. The van der Waals surface area contributed by atoms with Crippen molar-refractivity contribution in [2.75, 3.05) is 6.54 Å². The summed E-state index contributed by atoms with van der Waals surface area (Å²) in [6.45, 7) is 4.46. The van der Waals surface area contributed by atoms with Crippen LogP contribution in [0.1, 0.15) is 56.1 Å². The highest BCUT2D eigenvalue weighted by Crippen LogP contribution is 2.21. The zero-order chi connectivity index (χ0) is 13.1. The van der Waals surface area contributed by atoms with Crippen LogP contribution < -0.4 is 5.32 Å². The summed E-state index contributed by atoms with van der Waals surface area (Å²) in [5, 5.41) is 7.59. The maximum absolute atomic E-state index is 12.3. The zero-order valence-corrected chi connectivity index (χ0v) is 12.5. The Hall–Kier alpha value is -0.680. The highest BCUT2D eigenvalue weighted by molar-refractivity contribution is 9.10. The highest BCUT2D eigenvalue weighted by atomic mass is 79.9. The van der Waals surface area contributed by atoms with Crippen molar-refractivity contribution in [2.45, 2.75) is 51.6 Å². The first-order chi connectivity index (χ1) is 8.59. The molecule has 1 aliphatic carbocycles. The standard InChI is InChI=1S/C13H20BrN3O/c1-9(2)17-13(11(14)7-16-17)12(18)8-15-10-5-3-4-6-10/h7,9-10,15H,3-6,8H2,1-2H3. The van der Waals surface area contributed by atoms with Crippen molar-refractivity contribution >= 4 is 21.7 Å². The number of hydrogen-bond donors (Lipinski definition) is 1. The van der Waals surface area contributed by atoms with Gasteiger partial charge in [0.25, 0.3) is 0 Å². The molecule has 1 aromatic heterocycles. The molecule has 0 aliphatic heterocycles. The van der Waals surface area contributed by atoms with Crippen LogP contribution in [0.3, 0.4) is 0 Å². The van der Waals surface area contributed by atoms with E-state index in [-0.39, 0.29) is 11.8 Å². The fourth-order valence-corrected chi connectivity index (χ4v) is 2.94. The maximum Gasteiger partial charge on any atom is 0.195 e. The molecule has 100 valence electrons. The van der Waals surface area contributed by atoms with Crippen molar-refractivity contribution in [1.82, 2.24) is 15.1 Å². The lowest BCUT2D eigenvalue weighted by atomic mass is 10.2. The van der Waals surface area contributed by atoms with Crippen LogP contribution in [0.2, 0.25) is 0 Å². The third-order valence-corrected chi connectivity index (χ3v) is 3.99. The minimum absolute atomic E-state index is 0.111. The predicted octanol–water partition coefficient (Wildman–Crippen LogP) is 2.94. The number of aromatic nitrogens is 2. The monoisotopic (exact) mass is 313 g/mol. The van der Waals surface area contributed by atoms with Crippen LogP contribution in [-0.4, -0.2) is 28.2 Å². The van der Waals surface area contributed by atoms with Gasteiger partial charge in [0.2, 0.25) is 0 Å². The minimum Gasteiger partial charge on any atom is -0.307 e. The van der Waals surface area contributed by atoms with Crippen molar-refractivity contribution in [1.29, 1.82) is 0 Å². The Morgan fingerprint density at radius 2 is 2.22 bits per heavy atom. The Bertz CT molecular complexity index is 422. The van der Waals surface area contributed by atoms with Gasteiger partial charge in [-0.1, -0.05) is 12.8 Å². The molecule has 18 heavy (non-hydrogen) atoms. The summed E-state index contributed by atoms with van der Waals surface area (Å²) in [5.41, 5.74) is 0.676. The average molecular weight is 314 g/mol. The fourth-order valence-electron chi connectivity index (χ4n) is 2.44. The molecule has 1 saturated carbocycles. The third-order valence-electron chi connectivity index (χ3n) is 3.41. The first-order valence-electron chi connectivity index (χ1n) is 6.59. The van der Waals surface area contributed by atoms with Crippen LogP contribution in [0.15, 0.2) is 10.7 Å². The lowest BCUT2D eigenvalue weighted by Gasteiger charge is -2.13. The number of carbonyl (C=O) groups is 1. The molecule has 1 aromatic rings.